The lowest BCUT2D eigenvalue weighted by Gasteiger charge is -2.23. The monoisotopic (exact) mass is 366 g/mol. The van der Waals surface area contributed by atoms with E-state index < -0.39 is 0 Å². The van der Waals surface area contributed by atoms with E-state index >= 15 is 0 Å². The molecule has 0 aliphatic heterocycles. The summed E-state index contributed by atoms with van der Waals surface area (Å²) in [7, 11) is 0. The number of amides is 1. The van der Waals surface area contributed by atoms with E-state index in [9.17, 15) is 4.79 Å². The number of halogens is 2. The molecule has 0 fully saturated rings. The zero-order chi connectivity index (χ0) is 15.4. The van der Waals surface area contributed by atoms with Crippen LogP contribution in [0, 0.1) is 0 Å². The van der Waals surface area contributed by atoms with Crippen LogP contribution in [0.5, 0.6) is 0 Å². The molecular weight excluding hydrogens is 352 g/mol. The van der Waals surface area contributed by atoms with E-state index in [-0.39, 0.29) is 5.91 Å². The summed E-state index contributed by atoms with van der Waals surface area (Å²) in [5.41, 5.74) is 7.67. The van der Waals surface area contributed by atoms with Crippen LogP contribution in [0.3, 0.4) is 0 Å². The van der Waals surface area contributed by atoms with Crippen LogP contribution in [0.1, 0.15) is 23.7 Å². The van der Waals surface area contributed by atoms with Crippen LogP contribution in [0.25, 0.3) is 0 Å². The van der Waals surface area contributed by atoms with Crippen molar-refractivity contribution in [1.82, 2.24) is 0 Å². The SMILES string of the molecule is CCCN(C(=O)c1cc(Br)ccc1Cl)c1ccc(N)cc1. The molecule has 0 radical (unpaired) electrons. The maximum atomic E-state index is 12.8. The zero-order valence-corrected chi connectivity index (χ0v) is 14.0. The fraction of sp³-hybridized carbons (Fsp3) is 0.188. The van der Waals surface area contributed by atoms with Crippen molar-refractivity contribution in [2.75, 3.05) is 17.2 Å². The standard InChI is InChI=1S/C16H16BrClN2O/c1-2-9-20(13-6-4-12(19)5-7-13)16(21)14-10-11(17)3-8-15(14)18/h3-8,10H,2,9,19H2,1H3. The van der Waals surface area contributed by atoms with Crippen LogP contribution in [-0.2, 0) is 0 Å². The second kappa shape index (κ2) is 6.96. The molecule has 2 N–H and O–H groups in total. The first kappa shape index (κ1) is 15.9. The molecule has 0 atom stereocenters. The summed E-state index contributed by atoms with van der Waals surface area (Å²) in [6.45, 7) is 2.64. The number of hydrogen-bond donors (Lipinski definition) is 1. The van der Waals surface area contributed by atoms with Crippen molar-refractivity contribution in [1.29, 1.82) is 0 Å². The fourth-order valence-electron chi connectivity index (χ4n) is 2.03. The van der Waals surface area contributed by atoms with Gasteiger partial charge in [-0.15, -0.1) is 0 Å². The minimum atomic E-state index is -0.118. The van der Waals surface area contributed by atoms with Crippen molar-refractivity contribution in [3.8, 4) is 0 Å². The number of carbonyl (C=O) groups excluding carboxylic acids is 1. The molecule has 0 bridgehead atoms. The molecule has 3 nitrogen and oxygen atoms in total. The zero-order valence-electron chi connectivity index (χ0n) is 11.6. The molecule has 0 aliphatic rings. The molecule has 0 saturated heterocycles. The van der Waals surface area contributed by atoms with Gasteiger partial charge >= 0.3 is 0 Å². The molecule has 2 aromatic carbocycles. The topological polar surface area (TPSA) is 46.3 Å². The van der Waals surface area contributed by atoms with Gasteiger partial charge in [0.2, 0.25) is 0 Å². The summed E-state index contributed by atoms with van der Waals surface area (Å²) < 4.78 is 0.823. The summed E-state index contributed by atoms with van der Waals surface area (Å²) in [4.78, 5) is 14.5. The van der Waals surface area contributed by atoms with E-state index in [0.717, 1.165) is 16.6 Å². The Kier molecular flexibility index (Phi) is 5.26. The third-order valence-corrected chi connectivity index (χ3v) is 3.88. The Balaban J connectivity index is 2.39. The van der Waals surface area contributed by atoms with Crippen molar-refractivity contribution in [2.24, 2.45) is 0 Å². The number of nitrogen functional groups attached to an aromatic ring is 1. The van der Waals surface area contributed by atoms with Crippen LogP contribution in [0.15, 0.2) is 46.9 Å². The van der Waals surface area contributed by atoms with Crippen molar-refractivity contribution in [2.45, 2.75) is 13.3 Å². The van der Waals surface area contributed by atoms with Gasteiger partial charge in [-0.1, -0.05) is 34.5 Å². The molecular formula is C16H16BrClN2O. The third-order valence-electron chi connectivity index (χ3n) is 3.06. The van der Waals surface area contributed by atoms with Gasteiger partial charge in [0.25, 0.3) is 5.91 Å². The molecule has 0 saturated carbocycles. The van der Waals surface area contributed by atoms with E-state index in [1.54, 1.807) is 29.2 Å². The number of hydrogen-bond acceptors (Lipinski definition) is 2. The molecule has 0 heterocycles. The Morgan fingerprint density at radius 3 is 2.52 bits per heavy atom. The lowest BCUT2D eigenvalue weighted by atomic mass is 10.1. The van der Waals surface area contributed by atoms with Crippen molar-refractivity contribution < 1.29 is 4.79 Å². The number of anilines is 2. The van der Waals surface area contributed by atoms with Gasteiger partial charge in [-0.2, -0.15) is 0 Å². The van der Waals surface area contributed by atoms with E-state index in [2.05, 4.69) is 15.9 Å². The summed E-state index contributed by atoms with van der Waals surface area (Å²) in [5.74, 6) is -0.118. The summed E-state index contributed by atoms with van der Waals surface area (Å²) in [5, 5.41) is 0.444. The molecule has 0 unspecified atom stereocenters. The predicted octanol–water partition coefficient (Wildman–Crippen LogP) is 4.74. The molecule has 21 heavy (non-hydrogen) atoms. The number of benzene rings is 2. The van der Waals surface area contributed by atoms with E-state index in [1.165, 1.54) is 0 Å². The molecule has 2 aromatic rings. The van der Waals surface area contributed by atoms with Crippen LogP contribution < -0.4 is 10.6 Å². The molecule has 1 amide bonds. The molecule has 5 heteroatoms. The Morgan fingerprint density at radius 2 is 1.90 bits per heavy atom. The first-order chi connectivity index (χ1) is 10.0. The smallest absolute Gasteiger partial charge is 0.259 e. The van der Waals surface area contributed by atoms with Gasteiger partial charge in [0.05, 0.1) is 10.6 Å². The number of carbonyl (C=O) groups is 1. The van der Waals surface area contributed by atoms with Crippen LogP contribution in [0.2, 0.25) is 5.02 Å². The molecule has 0 spiro atoms. The van der Waals surface area contributed by atoms with Gasteiger partial charge in [-0.3, -0.25) is 4.79 Å². The minimum Gasteiger partial charge on any atom is -0.399 e. The summed E-state index contributed by atoms with van der Waals surface area (Å²) in [6.07, 6.45) is 0.849. The van der Waals surface area contributed by atoms with Crippen LogP contribution >= 0.6 is 27.5 Å². The highest BCUT2D eigenvalue weighted by atomic mass is 79.9. The molecule has 0 aliphatic carbocycles. The fourth-order valence-corrected chi connectivity index (χ4v) is 2.59. The van der Waals surface area contributed by atoms with Crippen LogP contribution in [0.4, 0.5) is 11.4 Å². The molecule has 2 rings (SSSR count). The van der Waals surface area contributed by atoms with Crippen molar-refractivity contribution in [3.63, 3.8) is 0 Å². The van der Waals surface area contributed by atoms with Gasteiger partial charge in [0.15, 0.2) is 0 Å². The van der Waals surface area contributed by atoms with Gasteiger partial charge in [-0.05, 0) is 48.9 Å². The first-order valence-corrected chi connectivity index (χ1v) is 7.82. The van der Waals surface area contributed by atoms with E-state index in [1.807, 2.05) is 25.1 Å². The Hall–Kier alpha value is -1.52. The van der Waals surface area contributed by atoms with Crippen molar-refractivity contribution >= 4 is 44.8 Å². The average molecular weight is 368 g/mol. The Morgan fingerprint density at radius 1 is 1.24 bits per heavy atom. The second-order valence-corrected chi connectivity index (χ2v) is 6.00. The van der Waals surface area contributed by atoms with Crippen LogP contribution in [-0.4, -0.2) is 12.5 Å². The maximum Gasteiger partial charge on any atom is 0.259 e. The normalized spacial score (nSPS) is 10.4. The Bertz CT molecular complexity index is 643. The lowest BCUT2D eigenvalue weighted by molar-refractivity contribution is 0.0987. The van der Waals surface area contributed by atoms with Gasteiger partial charge in [0.1, 0.15) is 0 Å². The summed E-state index contributed by atoms with van der Waals surface area (Å²) >= 11 is 9.53. The average Bonchev–Trinajstić information content (AvgIpc) is 2.48. The Labute approximate surface area is 137 Å². The highest BCUT2D eigenvalue weighted by Gasteiger charge is 2.19. The van der Waals surface area contributed by atoms with Gasteiger partial charge in [0, 0.05) is 22.4 Å². The molecule has 0 aromatic heterocycles. The van der Waals surface area contributed by atoms with Gasteiger partial charge < -0.3 is 10.6 Å². The number of nitrogens with zero attached hydrogens (tertiary/aromatic N) is 1. The molecule has 110 valence electrons. The first-order valence-electron chi connectivity index (χ1n) is 6.65. The second-order valence-electron chi connectivity index (χ2n) is 4.67. The quantitative estimate of drug-likeness (QED) is 0.793. The lowest BCUT2D eigenvalue weighted by Crippen LogP contribution is -2.31. The van der Waals surface area contributed by atoms with E-state index in [4.69, 9.17) is 17.3 Å². The number of nitrogens with two attached hydrogens (primary N) is 1. The third kappa shape index (κ3) is 3.77. The van der Waals surface area contributed by atoms with Gasteiger partial charge in [-0.25, -0.2) is 0 Å². The largest absolute Gasteiger partial charge is 0.399 e. The highest BCUT2D eigenvalue weighted by Crippen LogP contribution is 2.25. The number of rotatable bonds is 4. The van der Waals surface area contributed by atoms with E-state index in [0.29, 0.717) is 22.8 Å². The highest BCUT2D eigenvalue weighted by molar-refractivity contribution is 9.10. The minimum absolute atomic E-state index is 0.118. The summed E-state index contributed by atoms with van der Waals surface area (Å²) in [6, 6.07) is 12.5. The maximum absolute atomic E-state index is 12.8. The predicted molar refractivity (Wildman–Crippen MR) is 92.0 cm³/mol. The van der Waals surface area contributed by atoms with Crippen molar-refractivity contribution in [3.05, 3.63) is 57.5 Å².